The zero-order valence-electron chi connectivity index (χ0n) is 19.3. The molecule has 3 aromatic rings. The molecule has 1 N–H and O–H groups in total. The number of rotatable bonds is 6. The molecule has 1 aliphatic rings. The highest BCUT2D eigenvalue weighted by molar-refractivity contribution is 6.76. The van der Waals surface area contributed by atoms with E-state index in [9.17, 15) is 8.78 Å². The van der Waals surface area contributed by atoms with Gasteiger partial charge >= 0.3 is 0 Å². The van der Waals surface area contributed by atoms with Crippen LogP contribution in [0.25, 0.3) is 11.3 Å². The molecule has 6 nitrogen and oxygen atoms in total. The van der Waals surface area contributed by atoms with Crippen molar-refractivity contribution in [2.45, 2.75) is 46.3 Å². The van der Waals surface area contributed by atoms with Gasteiger partial charge in [0.1, 0.15) is 35.0 Å². The summed E-state index contributed by atoms with van der Waals surface area (Å²) in [6.45, 7) is 11.3. The third-order valence-electron chi connectivity index (χ3n) is 5.40. The first-order valence-electron chi connectivity index (χ1n) is 10.7. The van der Waals surface area contributed by atoms with E-state index in [2.05, 4.69) is 40.0 Å². The van der Waals surface area contributed by atoms with Crippen LogP contribution < -0.4 is 5.32 Å². The standard InChI is InChI=1S/C23H26ClF2N5OSi/c1-13-20-15(11-18(24)27-13)22-21(14(2)30-31(22)12-32-9-10-33(3,4)5)29-23(28-20)19-16(25)7-6-8-17(19)26/h6-8,11H,9-10,12H2,1-5H3,(H,28,29). The van der Waals surface area contributed by atoms with Crippen LogP contribution in [0.4, 0.5) is 20.2 Å². The molecule has 3 heterocycles. The first kappa shape index (κ1) is 23.5. The number of pyridine rings is 1. The Hall–Kier alpha value is -2.62. The molecule has 0 amide bonds. The van der Waals surface area contributed by atoms with Crippen molar-refractivity contribution >= 4 is 36.9 Å². The van der Waals surface area contributed by atoms with Gasteiger partial charge in [0.05, 0.1) is 28.3 Å². The largest absolute Gasteiger partial charge is 0.360 e. The number of fused-ring (bicyclic) bond motifs is 3. The lowest BCUT2D eigenvalue weighted by Gasteiger charge is -2.17. The number of hydrogen-bond donors (Lipinski definition) is 1. The van der Waals surface area contributed by atoms with E-state index >= 15 is 0 Å². The van der Waals surface area contributed by atoms with Gasteiger partial charge in [-0.3, -0.25) is 0 Å². The summed E-state index contributed by atoms with van der Waals surface area (Å²) in [5.74, 6) is -1.39. The second-order valence-corrected chi connectivity index (χ2v) is 15.3. The summed E-state index contributed by atoms with van der Waals surface area (Å²) >= 11 is 6.29. The number of aliphatic imine (C=N–C) groups is 1. The predicted molar refractivity (Wildman–Crippen MR) is 130 cm³/mol. The number of aryl methyl sites for hydroxylation is 2. The van der Waals surface area contributed by atoms with Crippen LogP contribution in [0, 0.1) is 25.5 Å². The first-order chi connectivity index (χ1) is 15.5. The summed E-state index contributed by atoms with van der Waals surface area (Å²) in [5, 5.41) is 8.01. The van der Waals surface area contributed by atoms with Gasteiger partial charge < -0.3 is 10.1 Å². The van der Waals surface area contributed by atoms with Gasteiger partial charge in [-0.1, -0.05) is 37.3 Å². The number of nitrogens with zero attached hydrogens (tertiary/aromatic N) is 4. The number of anilines is 1. The van der Waals surface area contributed by atoms with Crippen LogP contribution in [0.15, 0.2) is 29.3 Å². The molecule has 0 atom stereocenters. The predicted octanol–water partition coefficient (Wildman–Crippen LogP) is 6.31. The fraction of sp³-hybridized carbons (Fsp3) is 0.348. The van der Waals surface area contributed by atoms with Crippen molar-refractivity contribution in [1.29, 1.82) is 0 Å². The molecular formula is C23H26ClF2N5OSi. The summed E-state index contributed by atoms with van der Waals surface area (Å²) < 4.78 is 37.0. The summed E-state index contributed by atoms with van der Waals surface area (Å²) in [4.78, 5) is 8.94. The fourth-order valence-corrected chi connectivity index (χ4v) is 4.67. The number of aromatic nitrogens is 3. The molecule has 33 heavy (non-hydrogen) atoms. The Kier molecular flexibility index (Phi) is 6.39. The highest BCUT2D eigenvalue weighted by atomic mass is 35.5. The zero-order valence-corrected chi connectivity index (χ0v) is 21.0. The summed E-state index contributed by atoms with van der Waals surface area (Å²) in [6.07, 6.45) is 0. The molecule has 0 saturated carbocycles. The fourth-order valence-electron chi connectivity index (χ4n) is 3.67. The molecule has 0 radical (unpaired) electrons. The highest BCUT2D eigenvalue weighted by Crippen LogP contribution is 2.42. The maximum Gasteiger partial charge on any atom is 0.144 e. The van der Waals surface area contributed by atoms with Gasteiger partial charge in [0.15, 0.2) is 0 Å². The first-order valence-corrected chi connectivity index (χ1v) is 14.8. The number of nitrogens with one attached hydrogen (secondary N) is 1. The average molecular weight is 490 g/mol. The lowest BCUT2D eigenvalue weighted by atomic mass is 10.1. The normalized spacial score (nSPS) is 13.2. The van der Waals surface area contributed by atoms with E-state index in [0.29, 0.717) is 45.8 Å². The SMILES string of the molecule is Cc1nn(COCC[Si](C)(C)C)c2c1N=C(c1c(F)cccc1F)Nc1c-2cc(Cl)nc1C. The Balaban J connectivity index is 1.85. The molecule has 174 valence electrons. The van der Waals surface area contributed by atoms with Crippen LogP contribution in [-0.4, -0.2) is 35.3 Å². The van der Waals surface area contributed by atoms with Gasteiger partial charge in [0.2, 0.25) is 0 Å². The van der Waals surface area contributed by atoms with Crippen LogP contribution >= 0.6 is 11.6 Å². The minimum atomic E-state index is -1.24. The monoisotopic (exact) mass is 489 g/mol. The third kappa shape index (κ3) is 4.85. The van der Waals surface area contributed by atoms with Crippen LogP contribution in [0.5, 0.6) is 0 Å². The van der Waals surface area contributed by atoms with Crippen molar-refractivity contribution in [2.24, 2.45) is 4.99 Å². The quantitative estimate of drug-likeness (QED) is 0.250. The molecular weight excluding hydrogens is 464 g/mol. The van der Waals surface area contributed by atoms with E-state index in [1.165, 1.54) is 18.2 Å². The molecule has 1 aliphatic heterocycles. The summed E-state index contributed by atoms with van der Waals surface area (Å²) in [5.41, 5.74) is 3.32. The maximum absolute atomic E-state index is 14.7. The van der Waals surface area contributed by atoms with Crippen molar-refractivity contribution in [3.8, 4) is 11.3 Å². The second kappa shape index (κ2) is 8.96. The summed E-state index contributed by atoms with van der Waals surface area (Å²) in [6, 6.07) is 6.44. The molecule has 4 rings (SSSR count). The molecule has 10 heteroatoms. The van der Waals surface area contributed by atoms with Gasteiger partial charge in [0, 0.05) is 20.2 Å². The number of ether oxygens (including phenoxy) is 1. The number of hydrogen-bond acceptors (Lipinski definition) is 5. The van der Waals surface area contributed by atoms with Crippen LogP contribution in [-0.2, 0) is 11.5 Å². The second-order valence-electron chi connectivity index (χ2n) is 9.27. The van der Waals surface area contributed by atoms with E-state index in [-0.39, 0.29) is 18.1 Å². The van der Waals surface area contributed by atoms with Gasteiger partial charge in [-0.05, 0) is 38.1 Å². The Morgan fingerprint density at radius 2 is 1.82 bits per heavy atom. The Labute approximate surface area is 197 Å². The van der Waals surface area contributed by atoms with Crippen molar-refractivity contribution < 1.29 is 13.5 Å². The molecule has 0 spiro atoms. The van der Waals surface area contributed by atoms with Crippen LogP contribution in [0.2, 0.25) is 30.8 Å². The van der Waals surface area contributed by atoms with Crippen molar-refractivity contribution in [3.05, 3.63) is 58.0 Å². The lowest BCUT2D eigenvalue weighted by molar-refractivity contribution is 0.0796. The third-order valence-corrected chi connectivity index (χ3v) is 7.29. The highest BCUT2D eigenvalue weighted by Gasteiger charge is 2.28. The van der Waals surface area contributed by atoms with Crippen LogP contribution in [0.3, 0.4) is 0 Å². The van der Waals surface area contributed by atoms with Gasteiger partial charge in [-0.25, -0.2) is 23.4 Å². The topological polar surface area (TPSA) is 64.3 Å². The minimum Gasteiger partial charge on any atom is -0.360 e. The lowest BCUT2D eigenvalue weighted by Crippen LogP contribution is -2.22. The minimum absolute atomic E-state index is 0.0418. The number of benzene rings is 1. The van der Waals surface area contributed by atoms with Gasteiger partial charge in [0.25, 0.3) is 0 Å². The van der Waals surface area contributed by atoms with Crippen LogP contribution in [0.1, 0.15) is 17.0 Å². The van der Waals surface area contributed by atoms with Crippen molar-refractivity contribution in [3.63, 3.8) is 0 Å². The maximum atomic E-state index is 14.7. The Morgan fingerprint density at radius 1 is 1.12 bits per heavy atom. The molecule has 0 bridgehead atoms. The van der Waals surface area contributed by atoms with Gasteiger partial charge in [-0.2, -0.15) is 5.10 Å². The van der Waals surface area contributed by atoms with E-state index < -0.39 is 19.7 Å². The molecule has 0 saturated heterocycles. The molecule has 0 fully saturated rings. The molecule has 2 aromatic heterocycles. The van der Waals surface area contributed by atoms with Crippen molar-refractivity contribution in [2.75, 3.05) is 11.9 Å². The average Bonchev–Trinajstić information content (AvgIpc) is 2.90. The number of amidine groups is 1. The zero-order chi connectivity index (χ0) is 23.9. The molecule has 1 aromatic carbocycles. The van der Waals surface area contributed by atoms with E-state index in [4.69, 9.17) is 16.3 Å². The smallest absolute Gasteiger partial charge is 0.144 e. The Morgan fingerprint density at radius 3 is 2.48 bits per heavy atom. The van der Waals surface area contributed by atoms with Crippen molar-refractivity contribution in [1.82, 2.24) is 14.8 Å². The Bertz CT molecular complexity index is 1230. The van der Waals surface area contributed by atoms with Gasteiger partial charge in [-0.15, -0.1) is 0 Å². The molecule has 0 unspecified atom stereocenters. The molecule has 0 aliphatic carbocycles. The summed E-state index contributed by atoms with van der Waals surface area (Å²) in [7, 11) is -1.24. The van der Waals surface area contributed by atoms with E-state index in [1.54, 1.807) is 24.6 Å². The van der Waals surface area contributed by atoms with E-state index in [0.717, 1.165) is 6.04 Å². The number of halogens is 3. The van der Waals surface area contributed by atoms with E-state index in [1.807, 2.05) is 0 Å².